The van der Waals surface area contributed by atoms with Gasteiger partial charge in [0.1, 0.15) is 17.5 Å². The lowest BCUT2D eigenvalue weighted by Gasteiger charge is -2.34. The van der Waals surface area contributed by atoms with Gasteiger partial charge in [-0.05, 0) is 25.7 Å². The van der Waals surface area contributed by atoms with Gasteiger partial charge in [-0.1, -0.05) is 27.7 Å². The summed E-state index contributed by atoms with van der Waals surface area (Å²) in [4.78, 5) is 9.27. The molecular weight excluding hydrogens is 236 g/mol. The topological polar surface area (TPSA) is 49.8 Å². The number of nitrogens with one attached hydrogen (secondary N) is 2. The van der Waals surface area contributed by atoms with Crippen molar-refractivity contribution in [2.75, 3.05) is 17.2 Å². The van der Waals surface area contributed by atoms with Crippen molar-refractivity contribution >= 4 is 11.6 Å². The first-order chi connectivity index (χ1) is 8.88. The van der Waals surface area contributed by atoms with Crippen LogP contribution in [0.4, 0.5) is 11.6 Å². The van der Waals surface area contributed by atoms with Crippen LogP contribution in [0.5, 0.6) is 0 Å². The van der Waals surface area contributed by atoms with E-state index in [0.717, 1.165) is 29.9 Å². The van der Waals surface area contributed by atoms with Crippen LogP contribution < -0.4 is 10.6 Å². The van der Waals surface area contributed by atoms with Gasteiger partial charge < -0.3 is 10.6 Å². The largest absolute Gasteiger partial charge is 0.370 e. The zero-order valence-corrected chi connectivity index (χ0v) is 12.7. The quantitative estimate of drug-likeness (QED) is 0.873. The van der Waals surface area contributed by atoms with Crippen LogP contribution >= 0.6 is 0 Å². The number of hydrogen-bond donors (Lipinski definition) is 2. The Balaban J connectivity index is 2.19. The molecule has 1 fully saturated rings. The summed E-state index contributed by atoms with van der Waals surface area (Å²) >= 11 is 0. The Bertz CT molecular complexity index is 430. The molecule has 1 aliphatic carbocycles. The van der Waals surface area contributed by atoms with Crippen molar-refractivity contribution in [1.82, 2.24) is 9.97 Å². The first-order valence-electron chi connectivity index (χ1n) is 7.28. The van der Waals surface area contributed by atoms with Gasteiger partial charge in [0.2, 0.25) is 0 Å². The van der Waals surface area contributed by atoms with Crippen LogP contribution in [0.3, 0.4) is 0 Å². The maximum Gasteiger partial charge on any atom is 0.138 e. The molecule has 106 valence electrons. The van der Waals surface area contributed by atoms with E-state index in [9.17, 15) is 0 Å². The standard InChI is InChI=1S/C15H26N4/c1-6-16-12-9-13(17-11-7-10(2)8-11)19-14(18-12)15(3,4)5/h9-11H,6-8H2,1-5H3,(H2,16,17,18,19). The van der Waals surface area contributed by atoms with Gasteiger partial charge in [-0.25, -0.2) is 9.97 Å². The molecule has 0 atom stereocenters. The second-order valence-corrected chi connectivity index (χ2v) is 6.66. The molecule has 4 nitrogen and oxygen atoms in total. The minimum Gasteiger partial charge on any atom is -0.370 e. The van der Waals surface area contributed by atoms with Crippen LogP contribution in [0.15, 0.2) is 6.07 Å². The molecule has 0 aliphatic heterocycles. The zero-order chi connectivity index (χ0) is 14.0. The Hall–Kier alpha value is -1.32. The zero-order valence-electron chi connectivity index (χ0n) is 12.7. The lowest BCUT2D eigenvalue weighted by Crippen LogP contribution is -2.34. The van der Waals surface area contributed by atoms with Crippen LogP contribution in [-0.2, 0) is 5.41 Å². The van der Waals surface area contributed by atoms with Crippen LogP contribution in [0.2, 0.25) is 0 Å². The molecule has 1 aliphatic rings. The van der Waals surface area contributed by atoms with Gasteiger partial charge >= 0.3 is 0 Å². The highest BCUT2D eigenvalue weighted by Crippen LogP contribution is 2.30. The first-order valence-corrected chi connectivity index (χ1v) is 7.28. The Kier molecular flexibility index (Phi) is 3.97. The average molecular weight is 262 g/mol. The number of anilines is 2. The van der Waals surface area contributed by atoms with E-state index in [-0.39, 0.29) is 5.41 Å². The number of hydrogen-bond acceptors (Lipinski definition) is 4. The normalized spacial score (nSPS) is 22.8. The highest BCUT2D eigenvalue weighted by molar-refractivity contribution is 5.49. The monoisotopic (exact) mass is 262 g/mol. The Morgan fingerprint density at radius 3 is 2.37 bits per heavy atom. The van der Waals surface area contributed by atoms with Gasteiger partial charge in [0, 0.05) is 24.1 Å². The molecule has 0 saturated heterocycles. The average Bonchev–Trinajstić information content (AvgIpc) is 2.26. The third-order valence-corrected chi connectivity index (χ3v) is 3.48. The molecule has 19 heavy (non-hydrogen) atoms. The number of rotatable bonds is 4. The van der Waals surface area contributed by atoms with Gasteiger partial charge in [-0.3, -0.25) is 0 Å². The fraction of sp³-hybridized carbons (Fsp3) is 0.733. The van der Waals surface area contributed by atoms with Crippen LogP contribution in [0, 0.1) is 5.92 Å². The molecular formula is C15H26N4. The van der Waals surface area contributed by atoms with E-state index in [1.807, 2.05) is 6.07 Å². The smallest absolute Gasteiger partial charge is 0.138 e. The Labute approximate surface area is 116 Å². The summed E-state index contributed by atoms with van der Waals surface area (Å²) in [6.07, 6.45) is 2.48. The molecule has 0 spiro atoms. The van der Waals surface area contributed by atoms with E-state index < -0.39 is 0 Å². The highest BCUT2D eigenvalue weighted by atomic mass is 15.1. The second kappa shape index (κ2) is 5.35. The van der Waals surface area contributed by atoms with Crippen LogP contribution in [0.25, 0.3) is 0 Å². The molecule has 1 aromatic rings. The minimum atomic E-state index is -0.0330. The maximum absolute atomic E-state index is 4.67. The first kappa shape index (κ1) is 14.1. The lowest BCUT2D eigenvalue weighted by molar-refractivity contribution is 0.308. The SMILES string of the molecule is CCNc1cc(NC2CC(C)C2)nc(C(C)(C)C)n1. The van der Waals surface area contributed by atoms with Crippen LogP contribution in [-0.4, -0.2) is 22.6 Å². The van der Waals surface area contributed by atoms with Gasteiger partial charge in [-0.15, -0.1) is 0 Å². The number of nitrogens with zero attached hydrogens (tertiary/aromatic N) is 2. The molecule has 0 unspecified atom stereocenters. The van der Waals surface area contributed by atoms with E-state index >= 15 is 0 Å². The molecule has 2 rings (SSSR count). The van der Waals surface area contributed by atoms with E-state index in [1.165, 1.54) is 12.8 Å². The molecule has 1 heterocycles. The van der Waals surface area contributed by atoms with Crippen LogP contribution in [0.1, 0.15) is 53.3 Å². The van der Waals surface area contributed by atoms with Gasteiger partial charge in [0.15, 0.2) is 0 Å². The molecule has 1 aromatic heterocycles. The van der Waals surface area contributed by atoms with Gasteiger partial charge in [-0.2, -0.15) is 0 Å². The van der Waals surface area contributed by atoms with Gasteiger partial charge in [0.05, 0.1) is 0 Å². The minimum absolute atomic E-state index is 0.0330. The van der Waals surface area contributed by atoms with Crippen molar-refractivity contribution in [1.29, 1.82) is 0 Å². The molecule has 2 N–H and O–H groups in total. The van der Waals surface area contributed by atoms with Gasteiger partial charge in [0.25, 0.3) is 0 Å². The van der Waals surface area contributed by atoms with Crippen molar-refractivity contribution in [3.05, 3.63) is 11.9 Å². The molecule has 0 bridgehead atoms. The predicted molar refractivity (Wildman–Crippen MR) is 80.7 cm³/mol. The van der Waals surface area contributed by atoms with Crippen molar-refractivity contribution in [3.8, 4) is 0 Å². The summed E-state index contributed by atoms with van der Waals surface area (Å²) in [6.45, 7) is 11.7. The van der Waals surface area contributed by atoms with Crippen molar-refractivity contribution in [3.63, 3.8) is 0 Å². The lowest BCUT2D eigenvalue weighted by atomic mass is 9.82. The predicted octanol–water partition coefficient (Wildman–Crippen LogP) is 3.42. The summed E-state index contributed by atoms with van der Waals surface area (Å²) in [5.74, 6) is 3.60. The van der Waals surface area contributed by atoms with E-state index in [0.29, 0.717) is 6.04 Å². The van der Waals surface area contributed by atoms with Crippen molar-refractivity contribution < 1.29 is 0 Å². The third kappa shape index (κ3) is 3.58. The van der Waals surface area contributed by atoms with Crippen molar-refractivity contribution in [2.45, 2.75) is 58.9 Å². The summed E-state index contributed by atoms with van der Waals surface area (Å²) in [6, 6.07) is 2.59. The molecule has 0 amide bonds. The fourth-order valence-electron chi connectivity index (χ4n) is 2.36. The Morgan fingerprint density at radius 1 is 1.21 bits per heavy atom. The highest BCUT2D eigenvalue weighted by Gasteiger charge is 2.26. The Morgan fingerprint density at radius 2 is 1.84 bits per heavy atom. The van der Waals surface area contributed by atoms with E-state index in [1.54, 1.807) is 0 Å². The second-order valence-electron chi connectivity index (χ2n) is 6.66. The molecule has 1 saturated carbocycles. The van der Waals surface area contributed by atoms with Crippen molar-refractivity contribution in [2.24, 2.45) is 5.92 Å². The maximum atomic E-state index is 4.67. The number of aromatic nitrogens is 2. The summed E-state index contributed by atoms with van der Waals surface area (Å²) < 4.78 is 0. The van der Waals surface area contributed by atoms with E-state index in [4.69, 9.17) is 0 Å². The molecule has 0 aromatic carbocycles. The molecule has 0 radical (unpaired) electrons. The van der Waals surface area contributed by atoms with E-state index in [2.05, 4.69) is 55.2 Å². The molecule has 4 heteroatoms. The summed E-state index contributed by atoms with van der Waals surface area (Å²) in [7, 11) is 0. The fourth-order valence-corrected chi connectivity index (χ4v) is 2.36. The summed E-state index contributed by atoms with van der Waals surface area (Å²) in [5, 5.41) is 6.82. The summed E-state index contributed by atoms with van der Waals surface area (Å²) in [5.41, 5.74) is -0.0330. The third-order valence-electron chi connectivity index (χ3n) is 3.48.